The van der Waals surface area contributed by atoms with Crippen LogP contribution in [0.25, 0.3) is 0 Å². The van der Waals surface area contributed by atoms with E-state index in [4.69, 9.17) is 4.74 Å². The molecule has 0 bridgehead atoms. The van der Waals surface area contributed by atoms with Crippen LogP contribution >= 0.6 is 31.9 Å². The van der Waals surface area contributed by atoms with Crippen molar-refractivity contribution in [3.63, 3.8) is 0 Å². The molecule has 0 saturated heterocycles. The van der Waals surface area contributed by atoms with E-state index in [0.717, 1.165) is 26.6 Å². The summed E-state index contributed by atoms with van der Waals surface area (Å²) in [5.74, 6) is 0. The van der Waals surface area contributed by atoms with E-state index >= 15 is 0 Å². The van der Waals surface area contributed by atoms with Gasteiger partial charge in [-0.1, -0.05) is 31.9 Å². The number of anilines is 1. The van der Waals surface area contributed by atoms with Crippen LogP contribution in [0.4, 0.5) is 10.5 Å². The topological polar surface area (TPSA) is 38.3 Å². The Morgan fingerprint density at radius 3 is 2.50 bits per heavy atom. The second kappa shape index (κ2) is 6.06. The first-order valence-corrected chi connectivity index (χ1v) is 7.49. The number of alkyl halides is 1. The molecule has 5 heteroatoms. The number of ether oxygens (including phenoxy) is 1. The first-order chi connectivity index (χ1) is 8.23. The molecular formula is C13H17Br2NO2. The predicted octanol–water partition coefficient (Wildman–Crippen LogP) is 5.00. The van der Waals surface area contributed by atoms with Crippen molar-refractivity contribution in [1.82, 2.24) is 0 Å². The number of benzene rings is 1. The van der Waals surface area contributed by atoms with Gasteiger partial charge in [-0.15, -0.1) is 0 Å². The fraction of sp³-hybridized carbons (Fsp3) is 0.462. The van der Waals surface area contributed by atoms with Crippen LogP contribution in [0, 0.1) is 6.92 Å². The number of carbonyl (C=O) groups excluding carboxylic acids is 1. The van der Waals surface area contributed by atoms with Gasteiger partial charge < -0.3 is 4.74 Å². The second-order valence-corrected chi connectivity index (χ2v) is 6.43. The fourth-order valence-corrected chi connectivity index (χ4v) is 2.19. The van der Waals surface area contributed by atoms with Crippen molar-refractivity contribution in [2.24, 2.45) is 0 Å². The molecule has 0 atom stereocenters. The molecule has 0 spiro atoms. The molecule has 1 N–H and O–H groups in total. The Morgan fingerprint density at radius 1 is 1.39 bits per heavy atom. The van der Waals surface area contributed by atoms with Gasteiger partial charge in [0.1, 0.15) is 5.60 Å². The Bertz CT molecular complexity index is 453. The van der Waals surface area contributed by atoms with Crippen molar-refractivity contribution in [3.05, 3.63) is 27.7 Å². The Morgan fingerprint density at radius 2 is 2.00 bits per heavy atom. The van der Waals surface area contributed by atoms with E-state index in [1.807, 2.05) is 39.8 Å². The predicted molar refractivity (Wildman–Crippen MR) is 81.4 cm³/mol. The molecule has 0 radical (unpaired) electrons. The number of amides is 1. The highest BCUT2D eigenvalue weighted by molar-refractivity contribution is 9.10. The van der Waals surface area contributed by atoms with Crippen molar-refractivity contribution in [2.75, 3.05) is 5.32 Å². The molecule has 18 heavy (non-hydrogen) atoms. The van der Waals surface area contributed by atoms with Crippen LogP contribution in [-0.2, 0) is 10.1 Å². The first kappa shape index (κ1) is 15.5. The highest BCUT2D eigenvalue weighted by Crippen LogP contribution is 2.27. The zero-order chi connectivity index (χ0) is 13.9. The standard InChI is InChI=1S/C13H17Br2NO2/c1-8-10(15)5-9(7-14)6-11(8)16-12(17)18-13(2,3)4/h5-6H,7H2,1-4H3,(H,16,17). The Balaban J connectivity index is 2.90. The summed E-state index contributed by atoms with van der Waals surface area (Å²) in [4.78, 5) is 11.7. The molecule has 1 rings (SSSR count). The van der Waals surface area contributed by atoms with Gasteiger partial charge in [0.05, 0.1) is 0 Å². The van der Waals surface area contributed by atoms with Gasteiger partial charge >= 0.3 is 6.09 Å². The van der Waals surface area contributed by atoms with E-state index in [2.05, 4.69) is 37.2 Å². The van der Waals surface area contributed by atoms with Gasteiger partial charge in [-0.05, 0) is 51.0 Å². The summed E-state index contributed by atoms with van der Waals surface area (Å²) in [7, 11) is 0. The van der Waals surface area contributed by atoms with Crippen molar-refractivity contribution < 1.29 is 9.53 Å². The van der Waals surface area contributed by atoms with Gasteiger partial charge in [0.25, 0.3) is 0 Å². The van der Waals surface area contributed by atoms with E-state index in [1.165, 1.54) is 0 Å². The third-order valence-electron chi connectivity index (χ3n) is 2.19. The molecule has 1 amide bonds. The lowest BCUT2D eigenvalue weighted by atomic mass is 10.1. The van der Waals surface area contributed by atoms with Crippen LogP contribution in [0.1, 0.15) is 31.9 Å². The van der Waals surface area contributed by atoms with Crippen molar-refractivity contribution >= 4 is 43.6 Å². The van der Waals surface area contributed by atoms with Crippen LogP contribution in [0.3, 0.4) is 0 Å². The average molecular weight is 379 g/mol. The van der Waals surface area contributed by atoms with Crippen LogP contribution in [0.2, 0.25) is 0 Å². The number of nitrogens with one attached hydrogen (secondary N) is 1. The number of hydrogen-bond donors (Lipinski definition) is 1. The fourth-order valence-electron chi connectivity index (χ4n) is 1.36. The Labute approximate surface area is 125 Å². The summed E-state index contributed by atoms with van der Waals surface area (Å²) >= 11 is 6.88. The van der Waals surface area contributed by atoms with Crippen LogP contribution in [0.5, 0.6) is 0 Å². The molecule has 0 aliphatic heterocycles. The molecule has 1 aromatic carbocycles. The quantitative estimate of drug-likeness (QED) is 0.735. The lowest BCUT2D eigenvalue weighted by Crippen LogP contribution is -2.27. The minimum Gasteiger partial charge on any atom is -0.444 e. The van der Waals surface area contributed by atoms with Crippen molar-refractivity contribution in [1.29, 1.82) is 0 Å². The lowest BCUT2D eigenvalue weighted by molar-refractivity contribution is 0.0636. The van der Waals surface area contributed by atoms with Gasteiger partial charge in [-0.3, -0.25) is 5.32 Å². The molecule has 0 heterocycles. The van der Waals surface area contributed by atoms with Crippen molar-refractivity contribution in [2.45, 2.75) is 38.6 Å². The summed E-state index contributed by atoms with van der Waals surface area (Å²) < 4.78 is 6.20. The van der Waals surface area contributed by atoms with E-state index in [9.17, 15) is 4.79 Å². The highest BCUT2D eigenvalue weighted by Gasteiger charge is 2.17. The van der Waals surface area contributed by atoms with Gasteiger partial charge in [-0.2, -0.15) is 0 Å². The summed E-state index contributed by atoms with van der Waals surface area (Å²) in [6.45, 7) is 7.45. The molecule has 0 saturated carbocycles. The maximum atomic E-state index is 11.7. The Kier molecular flexibility index (Phi) is 5.22. The number of hydrogen-bond acceptors (Lipinski definition) is 2. The molecule has 0 aliphatic carbocycles. The van der Waals surface area contributed by atoms with E-state index in [0.29, 0.717) is 0 Å². The van der Waals surface area contributed by atoms with E-state index < -0.39 is 11.7 Å². The molecule has 0 aliphatic rings. The van der Waals surface area contributed by atoms with Gasteiger partial charge in [0.2, 0.25) is 0 Å². The summed E-state index contributed by atoms with van der Waals surface area (Å²) in [6, 6.07) is 3.95. The molecule has 1 aromatic rings. The normalized spacial score (nSPS) is 11.2. The molecule has 100 valence electrons. The van der Waals surface area contributed by atoms with Crippen LogP contribution in [-0.4, -0.2) is 11.7 Å². The Hall–Kier alpha value is -0.550. The highest BCUT2D eigenvalue weighted by atomic mass is 79.9. The van der Waals surface area contributed by atoms with Gasteiger partial charge in [0.15, 0.2) is 0 Å². The zero-order valence-electron chi connectivity index (χ0n) is 10.9. The van der Waals surface area contributed by atoms with E-state index in [-0.39, 0.29) is 0 Å². The van der Waals surface area contributed by atoms with Gasteiger partial charge in [-0.25, -0.2) is 4.79 Å². The SMILES string of the molecule is Cc1c(Br)cc(CBr)cc1NC(=O)OC(C)(C)C. The number of halogens is 2. The van der Waals surface area contributed by atoms with Crippen LogP contribution in [0.15, 0.2) is 16.6 Å². The summed E-state index contributed by atoms with van der Waals surface area (Å²) in [5, 5.41) is 3.50. The molecular weight excluding hydrogens is 362 g/mol. The molecule has 3 nitrogen and oxygen atoms in total. The largest absolute Gasteiger partial charge is 0.444 e. The van der Waals surface area contributed by atoms with Crippen LogP contribution < -0.4 is 5.32 Å². The molecule has 0 fully saturated rings. The molecule has 0 unspecified atom stereocenters. The van der Waals surface area contributed by atoms with E-state index in [1.54, 1.807) is 0 Å². The maximum absolute atomic E-state index is 11.7. The average Bonchev–Trinajstić information content (AvgIpc) is 2.21. The minimum atomic E-state index is -0.498. The minimum absolute atomic E-state index is 0.441. The monoisotopic (exact) mass is 377 g/mol. The third-order valence-corrected chi connectivity index (χ3v) is 3.67. The second-order valence-electron chi connectivity index (χ2n) is 5.01. The summed E-state index contributed by atoms with van der Waals surface area (Å²) in [5.41, 5.74) is 2.32. The number of rotatable bonds is 2. The lowest BCUT2D eigenvalue weighted by Gasteiger charge is -2.20. The third kappa shape index (κ3) is 4.61. The van der Waals surface area contributed by atoms with Gasteiger partial charge in [0, 0.05) is 15.5 Å². The smallest absolute Gasteiger partial charge is 0.412 e. The zero-order valence-corrected chi connectivity index (χ0v) is 14.1. The first-order valence-electron chi connectivity index (χ1n) is 5.58. The molecule has 0 aromatic heterocycles. The van der Waals surface area contributed by atoms with Crippen molar-refractivity contribution in [3.8, 4) is 0 Å². The number of carbonyl (C=O) groups is 1. The maximum Gasteiger partial charge on any atom is 0.412 e. The summed E-state index contributed by atoms with van der Waals surface area (Å²) in [6.07, 6.45) is -0.441.